The second kappa shape index (κ2) is 11.6. The second-order valence-corrected chi connectivity index (χ2v) is 15.0. The summed E-state index contributed by atoms with van der Waals surface area (Å²) in [6, 6.07) is 0. The number of rotatable bonds is 9. The van der Waals surface area contributed by atoms with Gasteiger partial charge in [-0.1, -0.05) is 54.4 Å². The third-order valence-corrected chi connectivity index (χ3v) is 12.7. The Hall–Kier alpha value is -1.21. The molecule has 4 N–H and O–H groups in total. The Morgan fingerprint density at radius 3 is 2.49 bits per heavy atom. The second-order valence-electron chi connectivity index (χ2n) is 14.6. The van der Waals surface area contributed by atoms with Gasteiger partial charge in [-0.2, -0.15) is 5.10 Å². The number of thiocarbonyl (C=S) groups is 1. The lowest BCUT2D eigenvalue weighted by Crippen LogP contribution is -2.55. The van der Waals surface area contributed by atoms with Crippen molar-refractivity contribution in [3.63, 3.8) is 0 Å². The zero-order valence-corrected chi connectivity index (χ0v) is 26.4. The molecule has 4 aliphatic carbocycles. The topological polar surface area (TPSA) is 96.9 Å². The molecule has 0 heterocycles. The molecule has 0 bridgehead atoms. The van der Waals surface area contributed by atoms with E-state index in [1.807, 2.05) is 6.21 Å². The van der Waals surface area contributed by atoms with Crippen LogP contribution in [0.2, 0.25) is 0 Å². The number of nitrogens with zero attached hydrogens (tertiary/aromatic N) is 1. The molecule has 0 aromatic rings. The van der Waals surface area contributed by atoms with Crippen LogP contribution in [0.25, 0.3) is 0 Å². The fourth-order valence-electron chi connectivity index (χ4n) is 10.5. The van der Waals surface area contributed by atoms with Crippen molar-refractivity contribution in [2.45, 2.75) is 124 Å². The van der Waals surface area contributed by atoms with E-state index in [0.29, 0.717) is 30.1 Å². The highest BCUT2D eigenvalue weighted by molar-refractivity contribution is 7.80. The quantitative estimate of drug-likeness (QED) is 0.130. The van der Waals surface area contributed by atoms with Crippen LogP contribution in [0.1, 0.15) is 113 Å². The van der Waals surface area contributed by atoms with Gasteiger partial charge in [0.15, 0.2) is 5.11 Å². The minimum absolute atomic E-state index is 0.128. The van der Waals surface area contributed by atoms with E-state index < -0.39 is 5.60 Å². The Morgan fingerprint density at radius 2 is 1.87 bits per heavy atom. The Labute approximate surface area is 242 Å². The normalized spacial score (nSPS) is 43.0. The standard InChI is InChI=1S/C32H55N3O3S/c1-8-22(19(2)3)10-9-20(4)24-11-12-25-28-26(14-15-30(24,25)6)31(7)16-13-23(38-21(5)36)17-32(31,37)27(28)18-34-35-29(33)39/h18-20,22-28,37H,8-17H2,1-7H3,(H3,33,35,39)/b34-18+/t20-,22-,23+,24-,25+,26+,27-,28+,30-,31-,32-/m1/s1. The van der Waals surface area contributed by atoms with Gasteiger partial charge in [0, 0.05) is 30.9 Å². The number of fused-ring (bicyclic) bond motifs is 5. The molecular weight excluding hydrogens is 506 g/mol. The average Bonchev–Trinajstić information content (AvgIpc) is 3.28. The molecule has 4 fully saturated rings. The van der Waals surface area contributed by atoms with Crippen LogP contribution in [0.15, 0.2) is 5.10 Å². The summed E-state index contributed by atoms with van der Waals surface area (Å²) in [5.41, 5.74) is 7.52. The van der Waals surface area contributed by atoms with Gasteiger partial charge in [-0.05, 0) is 104 Å². The zero-order valence-electron chi connectivity index (χ0n) is 25.5. The summed E-state index contributed by atoms with van der Waals surface area (Å²) in [5, 5.41) is 17.2. The molecule has 0 spiro atoms. The van der Waals surface area contributed by atoms with E-state index in [0.717, 1.165) is 37.0 Å². The molecular formula is C32H55N3O3S. The van der Waals surface area contributed by atoms with Crippen molar-refractivity contribution in [3.05, 3.63) is 0 Å². The maximum atomic E-state index is 12.6. The lowest BCUT2D eigenvalue weighted by Gasteiger charge is -2.52. The third kappa shape index (κ3) is 5.40. The van der Waals surface area contributed by atoms with Crippen LogP contribution in [0.3, 0.4) is 0 Å². The van der Waals surface area contributed by atoms with Crippen LogP contribution < -0.4 is 11.2 Å². The van der Waals surface area contributed by atoms with Gasteiger partial charge in [-0.3, -0.25) is 10.2 Å². The number of ether oxygens (including phenoxy) is 1. The SMILES string of the molecule is CC[C@H](CC[C@@H](C)[C@H]1CC[C@H]2[C@@H]3[C@@H](/C=N/NC(N)=S)[C@]4(O)C[C@@H](OC(C)=O)CC[C@]4(C)[C@H]3CC[C@]12C)C(C)C. The fraction of sp³-hybridized carbons (Fsp3) is 0.906. The highest BCUT2D eigenvalue weighted by atomic mass is 32.1. The maximum Gasteiger partial charge on any atom is 0.302 e. The summed E-state index contributed by atoms with van der Waals surface area (Å²) in [6.45, 7) is 15.9. The summed E-state index contributed by atoms with van der Waals surface area (Å²) in [7, 11) is 0. The van der Waals surface area contributed by atoms with E-state index in [1.54, 1.807) is 0 Å². The third-order valence-electron chi connectivity index (χ3n) is 12.6. The zero-order chi connectivity index (χ0) is 28.8. The lowest BCUT2D eigenvalue weighted by atomic mass is 9.53. The van der Waals surface area contributed by atoms with Crippen molar-refractivity contribution in [2.75, 3.05) is 0 Å². The molecule has 4 aliphatic rings. The number of nitrogens with two attached hydrogens (primary N) is 1. The smallest absolute Gasteiger partial charge is 0.302 e. The summed E-state index contributed by atoms with van der Waals surface area (Å²) in [6.07, 6.45) is 12.6. The van der Waals surface area contributed by atoms with Crippen molar-refractivity contribution in [3.8, 4) is 0 Å². The highest BCUT2D eigenvalue weighted by Crippen LogP contribution is 2.73. The van der Waals surface area contributed by atoms with Gasteiger partial charge in [0.2, 0.25) is 0 Å². The van der Waals surface area contributed by atoms with Crippen LogP contribution >= 0.6 is 12.2 Å². The molecule has 0 radical (unpaired) electrons. The van der Waals surface area contributed by atoms with Gasteiger partial charge in [0.05, 0.1) is 5.60 Å². The fourth-order valence-corrected chi connectivity index (χ4v) is 10.6. The van der Waals surface area contributed by atoms with Gasteiger partial charge in [-0.25, -0.2) is 0 Å². The number of hydrazone groups is 1. The molecule has 6 nitrogen and oxygen atoms in total. The predicted molar refractivity (Wildman–Crippen MR) is 162 cm³/mol. The molecule has 0 amide bonds. The molecule has 39 heavy (non-hydrogen) atoms. The number of hydrogen-bond acceptors (Lipinski definition) is 5. The number of nitrogens with one attached hydrogen (secondary N) is 1. The Kier molecular flexibility index (Phi) is 9.13. The molecule has 0 aliphatic heterocycles. The molecule has 11 atom stereocenters. The number of hydrogen-bond donors (Lipinski definition) is 3. The first-order valence-corrected chi connectivity index (χ1v) is 16.2. The first-order valence-electron chi connectivity index (χ1n) is 15.8. The summed E-state index contributed by atoms with van der Waals surface area (Å²) < 4.78 is 5.68. The van der Waals surface area contributed by atoms with E-state index in [-0.39, 0.29) is 33.9 Å². The van der Waals surface area contributed by atoms with Gasteiger partial charge >= 0.3 is 5.97 Å². The van der Waals surface area contributed by atoms with Crippen LogP contribution in [-0.2, 0) is 9.53 Å². The van der Waals surface area contributed by atoms with Gasteiger partial charge in [0.25, 0.3) is 0 Å². The van der Waals surface area contributed by atoms with E-state index in [9.17, 15) is 9.90 Å². The van der Waals surface area contributed by atoms with E-state index in [2.05, 4.69) is 52.1 Å². The molecule has 0 saturated heterocycles. The molecule has 4 saturated carbocycles. The molecule has 0 aromatic heterocycles. The molecule has 0 unspecified atom stereocenters. The summed E-state index contributed by atoms with van der Waals surface area (Å²) >= 11 is 5.02. The van der Waals surface area contributed by atoms with E-state index in [1.165, 1.54) is 45.4 Å². The number of esters is 1. The van der Waals surface area contributed by atoms with E-state index in [4.69, 9.17) is 22.7 Å². The monoisotopic (exact) mass is 561 g/mol. The minimum atomic E-state index is -0.983. The van der Waals surface area contributed by atoms with Crippen LogP contribution in [0.4, 0.5) is 0 Å². The highest BCUT2D eigenvalue weighted by Gasteiger charge is 2.72. The average molecular weight is 562 g/mol. The first-order chi connectivity index (χ1) is 18.3. The maximum absolute atomic E-state index is 12.6. The van der Waals surface area contributed by atoms with Crippen molar-refractivity contribution in [1.82, 2.24) is 5.43 Å². The lowest BCUT2D eigenvalue weighted by molar-refractivity contribution is -0.170. The molecule has 222 valence electrons. The Bertz CT molecular complexity index is 942. The predicted octanol–water partition coefficient (Wildman–Crippen LogP) is 6.45. The Balaban J connectivity index is 1.63. The molecule has 4 rings (SSSR count). The Morgan fingerprint density at radius 1 is 1.15 bits per heavy atom. The minimum Gasteiger partial charge on any atom is -0.462 e. The van der Waals surface area contributed by atoms with Crippen molar-refractivity contribution in [2.24, 2.45) is 69.0 Å². The van der Waals surface area contributed by atoms with E-state index >= 15 is 0 Å². The number of carbonyl (C=O) groups excluding carboxylic acids is 1. The van der Waals surface area contributed by atoms with Crippen molar-refractivity contribution >= 4 is 29.5 Å². The summed E-state index contributed by atoms with van der Waals surface area (Å²) in [4.78, 5) is 11.8. The summed E-state index contributed by atoms with van der Waals surface area (Å²) in [5.74, 6) is 3.93. The van der Waals surface area contributed by atoms with Crippen LogP contribution in [0, 0.1) is 58.2 Å². The first kappa shape index (κ1) is 30.7. The molecule has 0 aromatic carbocycles. The van der Waals surface area contributed by atoms with Crippen molar-refractivity contribution in [1.29, 1.82) is 0 Å². The molecule has 7 heteroatoms. The van der Waals surface area contributed by atoms with Crippen molar-refractivity contribution < 1.29 is 14.6 Å². The largest absolute Gasteiger partial charge is 0.462 e. The van der Waals surface area contributed by atoms with Crippen LogP contribution in [-0.4, -0.2) is 34.1 Å². The van der Waals surface area contributed by atoms with Gasteiger partial charge in [0.1, 0.15) is 6.10 Å². The van der Waals surface area contributed by atoms with Gasteiger partial charge < -0.3 is 15.6 Å². The number of aliphatic hydroxyl groups is 1. The van der Waals surface area contributed by atoms with Gasteiger partial charge in [-0.15, -0.1) is 0 Å². The number of carbonyl (C=O) groups is 1. The van der Waals surface area contributed by atoms with Crippen LogP contribution in [0.5, 0.6) is 0 Å².